The molecule has 0 spiro atoms. The predicted molar refractivity (Wildman–Crippen MR) is 110 cm³/mol. The molecule has 0 heterocycles. The number of ether oxygens (including phenoxy) is 2. The van der Waals surface area contributed by atoms with Gasteiger partial charge in [-0.05, 0) is 12.8 Å². The fraction of sp³-hybridized carbons (Fsp3) is 0.842. The van der Waals surface area contributed by atoms with Gasteiger partial charge < -0.3 is 50.5 Å². The molecule has 0 rings (SSSR count). The van der Waals surface area contributed by atoms with E-state index in [1.165, 1.54) is 11.2 Å². The number of rotatable bonds is 20. The summed E-state index contributed by atoms with van der Waals surface area (Å²) in [5.41, 5.74) is 5.44. The molecule has 0 aliphatic carbocycles. The van der Waals surface area contributed by atoms with Crippen molar-refractivity contribution < 1.29 is 39.8 Å². The van der Waals surface area contributed by atoms with Crippen molar-refractivity contribution in [3.05, 3.63) is 11.9 Å². The van der Waals surface area contributed by atoms with Crippen LogP contribution in [0.5, 0.6) is 0 Å². The highest BCUT2D eigenvalue weighted by Gasteiger charge is 2.33. The minimum absolute atomic E-state index is 0.0233. The summed E-state index contributed by atoms with van der Waals surface area (Å²) in [6.45, 7) is -0.973. The van der Waals surface area contributed by atoms with E-state index >= 15 is 0 Å². The van der Waals surface area contributed by atoms with Crippen LogP contribution in [0.1, 0.15) is 19.3 Å². The number of hydrogen-bond acceptors (Lipinski definition) is 11. The molecule has 11 nitrogen and oxygen atoms in total. The molecule has 0 aliphatic heterocycles. The SMILES string of the molecule is N/C(=C\N(N)CC(CO)(COCC(CO)CO)COCC(CO)CO)CCCC=O. The van der Waals surface area contributed by atoms with Crippen LogP contribution in [0.2, 0.25) is 0 Å². The molecule has 0 aliphatic rings. The van der Waals surface area contributed by atoms with E-state index in [0.29, 0.717) is 25.0 Å². The maximum absolute atomic E-state index is 10.4. The minimum Gasteiger partial charge on any atom is -0.401 e. The van der Waals surface area contributed by atoms with Crippen molar-refractivity contribution in [3.8, 4) is 0 Å². The monoisotopic (exact) mass is 437 g/mol. The summed E-state index contributed by atoms with van der Waals surface area (Å²) in [5.74, 6) is 5.14. The van der Waals surface area contributed by atoms with Crippen LogP contribution in [0.4, 0.5) is 0 Å². The third-order valence-corrected chi connectivity index (χ3v) is 4.53. The first-order chi connectivity index (χ1) is 14.4. The maximum Gasteiger partial charge on any atom is 0.120 e. The third-order valence-electron chi connectivity index (χ3n) is 4.53. The fourth-order valence-corrected chi connectivity index (χ4v) is 2.58. The van der Waals surface area contributed by atoms with Crippen LogP contribution < -0.4 is 11.6 Å². The van der Waals surface area contributed by atoms with Crippen LogP contribution in [-0.2, 0) is 14.3 Å². The summed E-state index contributed by atoms with van der Waals surface area (Å²) in [7, 11) is 0. The van der Waals surface area contributed by atoms with Crippen molar-refractivity contribution in [2.75, 3.05) is 66.0 Å². The van der Waals surface area contributed by atoms with Crippen molar-refractivity contribution >= 4 is 6.29 Å². The average molecular weight is 438 g/mol. The minimum atomic E-state index is -0.959. The van der Waals surface area contributed by atoms with Gasteiger partial charge in [-0.3, -0.25) is 0 Å². The molecule has 9 N–H and O–H groups in total. The highest BCUT2D eigenvalue weighted by Crippen LogP contribution is 2.21. The lowest BCUT2D eigenvalue weighted by Crippen LogP contribution is -2.48. The van der Waals surface area contributed by atoms with E-state index in [1.807, 2.05) is 0 Å². The molecule has 0 unspecified atom stereocenters. The number of aliphatic hydroxyl groups is 5. The zero-order chi connectivity index (χ0) is 22.8. The number of allylic oxidation sites excluding steroid dienone is 1. The second-order valence-corrected chi connectivity index (χ2v) is 7.59. The highest BCUT2D eigenvalue weighted by molar-refractivity contribution is 5.49. The molecular formula is C19H39N3O8. The van der Waals surface area contributed by atoms with Crippen LogP contribution in [0.25, 0.3) is 0 Å². The molecule has 178 valence electrons. The summed E-state index contributed by atoms with van der Waals surface area (Å²) in [6, 6.07) is 0. The van der Waals surface area contributed by atoms with E-state index in [-0.39, 0.29) is 66.0 Å². The summed E-state index contributed by atoms with van der Waals surface area (Å²) >= 11 is 0. The quantitative estimate of drug-likeness (QED) is 0.0462. The summed E-state index contributed by atoms with van der Waals surface area (Å²) in [6.07, 6.45) is 3.83. The van der Waals surface area contributed by atoms with E-state index in [9.17, 15) is 9.90 Å². The van der Waals surface area contributed by atoms with Crippen molar-refractivity contribution in [1.82, 2.24) is 5.01 Å². The summed E-state index contributed by atoms with van der Waals surface area (Å²) in [4.78, 5) is 10.4. The van der Waals surface area contributed by atoms with Crippen LogP contribution >= 0.6 is 0 Å². The Bertz CT molecular complexity index is 441. The van der Waals surface area contributed by atoms with Crippen molar-refractivity contribution in [2.45, 2.75) is 19.3 Å². The number of carbonyl (C=O) groups excluding carboxylic acids is 1. The Hall–Kier alpha value is -1.31. The molecule has 0 radical (unpaired) electrons. The van der Waals surface area contributed by atoms with E-state index in [4.69, 9.17) is 41.5 Å². The lowest BCUT2D eigenvalue weighted by molar-refractivity contribution is -0.107. The second kappa shape index (κ2) is 17.4. The van der Waals surface area contributed by atoms with Crippen LogP contribution in [-0.4, -0.2) is 103 Å². The van der Waals surface area contributed by atoms with E-state index in [2.05, 4.69) is 0 Å². The average Bonchev–Trinajstić information content (AvgIpc) is 2.74. The lowest BCUT2D eigenvalue weighted by atomic mass is 9.90. The van der Waals surface area contributed by atoms with Crippen LogP contribution in [0.3, 0.4) is 0 Å². The number of unbranched alkanes of at least 4 members (excludes halogenated alkanes) is 1. The first-order valence-electron chi connectivity index (χ1n) is 10.0. The Morgan fingerprint density at radius 2 is 1.47 bits per heavy atom. The van der Waals surface area contributed by atoms with Gasteiger partial charge in [0.25, 0.3) is 0 Å². The smallest absolute Gasteiger partial charge is 0.120 e. The number of hydrazine groups is 1. The van der Waals surface area contributed by atoms with Gasteiger partial charge in [-0.1, -0.05) is 0 Å². The topological polar surface area (TPSA) is 192 Å². The Labute approximate surface area is 177 Å². The molecule has 0 saturated carbocycles. The van der Waals surface area contributed by atoms with E-state index < -0.39 is 17.3 Å². The van der Waals surface area contributed by atoms with Gasteiger partial charge in [0.2, 0.25) is 0 Å². The second-order valence-electron chi connectivity index (χ2n) is 7.59. The van der Waals surface area contributed by atoms with E-state index in [1.54, 1.807) is 0 Å². The zero-order valence-electron chi connectivity index (χ0n) is 17.6. The normalized spacial score (nSPS) is 12.7. The van der Waals surface area contributed by atoms with Crippen molar-refractivity contribution in [2.24, 2.45) is 28.8 Å². The molecule has 0 aromatic carbocycles. The molecule has 0 aromatic rings. The fourth-order valence-electron chi connectivity index (χ4n) is 2.58. The number of carbonyl (C=O) groups is 1. The lowest BCUT2D eigenvalue weighted by Gasteiger charge is -2.35. The molecule has 0 aromatic heterocycles. The van der Waals surface area contributed by atoms with Gasteiger partial charge in [-0.25, -0.2) is 5.84 Å². The predicted octanol–water partition coefficient (Wildman–Crippen LogP) is -2.46. The number of nitrogens with two attached hydrogens (primary N) is 2. The zero-order valence-corrected chi connectivity index (χ0v) is 17.6. The Morgan fingerprint density at radius 1 is 0.967 bits per heavy atom. The van der Waals surface area contributed by atoms with Crippen molar-refractivity contribution in [1.29, 1.82) is 0 Å². The summed E-state index contributed by atoms with van der Waals surface area (Å²) < 4.78 is 11.2. The summed E-state index contributed by atoms with van der Waals surface area (Å²) in [5, 5.41) is 48.0. The number of aldehydes is 1. The Balaban J connectivity index is 5.06. The van der Waals surface area contributed by atoms with Gasteiger partial charge in [0, 0.05) is 36.7 Å². The van der Waals surface area contributed by atoms with Crippen LogP contribution in [0.15, 0.2) is 11.9 Å². The van der Waals surface area contributed by atoms with Gasteiger partial charge in [0.1, 0.15) is 6.29 Å². The molecule has 11 heteroatoms. The van der Waals surface area contributed by atoms with Gasteiger partial charge in [0.05, 0.1) is 64.9 Å². The molecule has 0 fully saturated rings. The van der Waals surface area contributed by atoms with Gasteiger partial charge in [-0.2, -0.15) is 0 Å². The Kier molecular flexibility index (Phi) is 16.6. The number of aliphatic hydroxyl groups excluding tert-OH is 5. The standard InChI is InChI=1S/C19H39N3O8/c20-18(3-1-2-4-23)5-22(21)12-19(13-28,14-29-10-16(6-24)7-25)15-30-11-17(8-26)9-27/h4-5,16-17,24-28H,1-3,6-15,20-21H2/b18-5-. The molecule has 0 atom stereocenters. The first-order valence-corrected chi connectivity index (χ1v) is 10.0. The highest BCUT2D eigenvalue weighted by atomic mass is 16.5. The molecule has 0 bridgehead atoms. The third kappa shape index (κ3) is 12.4. The molecule has 0 saturated heterocycles. The first kappa shape index (κ1) is 28.7. The largest absolute Gasteiger partial charge is 0.401 e. The van der Waals surface area contributed by atoms with Gasteiger partial charge >= 0.3 is 0 Å². The molecular weight excluding hydrogens is 398 g/mol. The molecule has 0 amide bonds. The molecule has 30 heavy (non-hydrogen) atoms. The van der Waals surface area contributed by atoms with E-state index in [0.717, 1.165) is 6.29 Å². The number of nitrogens with zero attached hydrogens (tertiary/aromatic N) is 1. The Morgan fingerprint density at radius 3 is 1.87 bits per heavy atom. The van der Waals surface area contributed by atoms with Crippen molar-refractivity contribution in [3.63, 3.8) is 0 Å². The van der Waals surface area contributed by atoms with Gasteiger partial charge in [0.15, 0.2) is 0 Å². The van der Waals surface area contributed by atoms with Gasteiger partial charge in [-0.15, -0.1) is 0 Å². The number of hydrogen-bond donors (Lipinski definition) is 7. The van der Waals surface area contributed by atoms with Crippen LogP contribution in [0, 0.1) is 17.3 Å². The maximum atomic E-state index is 10.4.